The molecule has 2 heteroatoms. The molecule has 0 unspecified atom stereocenters. The fourth-order valence-corrected chi connectivity index (χ4v) is 5.12. The van der Waals surface area contributed by atoms with Gasteiger partial charge in [0.05, 0.1) is 0 Å². The van der Waals surface area contributed by atoms with Crippen molar-refractivity contribution in [3.05, 3.63) is 65.2 Å². The summed E-state index contributed by atoms with van der Waals surface area (Å²) >= 11 is 0. The Morgan fingerprint density at radius 2 is 1.44 bits per heavy atom. The Morgan fingerprint density at radius 1 is 0.781 bits per heavy atom. The van der Waals surface area contributed by atoms with E-state index in [-0.39, 0.29) is 5.97 Å². The van der Waals surface area contributed by atoms with Crippen LogP contribution in [0, 0.1) is 5.92 Å². The van der Waals surface area contributed by atoms with E-state index in [9.17, 15) is 4.79 Å². The number of unbranched alkanes of at least 4 members (excludes halogenated alkanes) is 2. The highest BCUT2D eigenvalue weighted by Crippen LogP contribution is 2.37. The fourth-order valence-electron chi connectivity index (χ4n) is 5.12. The first kappa shape index (κ1) is 24.6. The summed E-state index contributed by atoms with van der Waals surface area (Å²) in [5.41, 5.74) is 4.25. The number of ether oxygens (including phenoxy) is 1. The molecule has 2 aromatic rings. The standard InChI is InChI=1S/C30H42O2/c1-3-8-24-12-18-27(19-13-24)28-20-14-26(15-21-28)10-6-5-7-11-30(31)32-29-22-16-25(9-4-2)17-23-29/h14-17,20-24,27H,3-13,18-19H2,1-2H3. The van der Waals surface area contributed by atoms with Gasteiger partial charge in [-0.15, -0.1) is 0 Å². The number of carbonyl (C=O) groups is 1. The summed E-state index contributed by atoms with van der Waals surface area (Å²) in [7, 11) is 0. The van der Waals surface area contributed by atoms with Crippen molar-refractivity contribution in [2.75, 3.05) is 0 Å². The van der Waals surface area contributed by atoms with Gasteiger partial charge in [0, 0.05) is 6.42 Å². The lowest BCUT2D eigenvalue weighted by atomic mass is 9.77. The highest BCUT2D eigenvalue weighted by Gasteiger charge is 2.21. The van der Waals surface area contributed by atoms with Crippen LogP contribution in [0.25, 0.3) is 0 Å². The topological polar surface area (TPSA) is 26.3 Å². The van der Waals surface area contributed by atoms with Crippen LogP contribution in [-0.2, 0) is 17.6 Å². The zero-order valence-corrected chi connectivity index (χ0v) is 20.3. The van der Waals surface area contributed by atoms with E-state index >= 15 is 0 Å². The van der Waals surface area contributed by atoms with Crippen molar-refractivity contribution in [3.63, 3.8) is 0 Å². The largest absolute Gasteiger partial charge is 0.427 e. The quantitative estimate of drug-likeness (QED) is 0.190. The summed E-state index contributed by atoms with van der Waals surface area (Å²) in [6, 6.07) is 17.3. The molecule has 3 rings (SSSR count). The summed E-state index contributed by atoms with van der Waals surface area (Å²) in [4.78, 5) is 12.1. The van der Waals surface area contributed by atoms with E-state index in [0.717, 1.165) is 50.4 Å². The van der Waals surface area contributed by atoms with Gasteiger partial charge in [-0.05, 0) is 92.0 Å². The molecule has 1 fully saturated rings. The van der Waals surface area contributed by atoms with Crippen molar-refractivity contribution in [2.45, 2.75) is 103 Å². The van der Waals surface area contributed by atoms with Crippen LogP contribution in [-0.4, -0.2) is 5.97 Å². The van der Waals surface area contributed by atoms with Gasteiger partial charge in [0.15, 0.2) is 0 Å². The zero-order valence-electron chi connectivity index (χ0n) is 20.3. The van der Waals surface area contributed by atoms with Crippen LogP contribution in [0.4, 0.5) is 0 Å². The van der Waals surface area contributed by atoms with E-state index in [1.54, 1.807) is 0 Å². The van der Waals surface area contributed by atoms with Crippen LogP contribution in [0.3, 0.4) is 0 Å². The molecule has 2 aromatic carbocycles. The smallest absolute Gasteiger partial charge is 0.311 e. The van der Waals surface area contributed by atoms with E-state index in [1.165, 1.54) is 55.2 Å². The molecule has 0 amide bonds. The third-order valence-corrected chi connectivity index (χ3v) is 7.03. The summed E-state index contributed by atoms with van der Waals surface area (Å²) < 4.78 is 5.46. The summed E-state index contributed by atoms with van der Waals surface area (Å²) in [5.74, 6) is 2.28. The maximum Gasteiger partial charge on any atom is 0.311 e. The Morgan fingerprint density at radius 3 is 2.09 bits per heavy atom. The second kappa shape index (κ2) is 13.5. The molecule has 1 saturated carbocycles. The van der Waals surface area contributed by atoms with Crippen molar-refractivity contribution in [1.82, 2.24) is 0 Å². The molecule has 0 spiro atoms. The number of hydrogen-bond acceptors (Lipinski definition) is 2. The Bertz CT molecular complexity index is 783. The number of aryl methyl sites for hydroxylation is 2. The first-order chi connectivity index (χ1) is 15.7. The minimum absolute atomic E-state index is 0.119. The number of carbonyl (C=O) groups excluding carboxylic acids is 1. The SMILES string of the molecule is CCCc1ccc(OC(=O)CCCCCc2ccc(C3CCC(CCC)CC3)cc2)cc1. The first-order valence-electron chi connectivity index (χ1n) is 13.1. The molecule has 0 aliphatic heterocycles. The molecule has 0 atom stereocenters. The third kappa shape index (κ3) is 8.11. The maximum absolute atomic E-state index is 12.1. The normalized spacial score (nSPS) is 18.4. The van der Waals surface area contributed by atoms with Crippen LogP contribution < -0.4 is 4.74 Å². The monoisotopic (exact) mass is 434 g/mol. The van der Waals surface area contributed by atoms with Gasteiger partial charge in [0.1, 0.15) is 5.75 Å². The van der Waals surface area contributed by atoms with Crippen LogP contribution in [0.15, 0.2) is 48.5 Å². The molecule has 174 valence electrons. The third-order valence-electron chi connectivity index (χ3n) is 7.03. The predicted octanol–water partition coefficient (Wildman–Crippen LogP) is 8.42. The number of hydrogen-bond donors (Lipinski definition) is 0. The first-order valence-corrected chi connectivity index (χ1v) is 13.1. The second-order valence-corrected chi connectivity index (χ2v) is 9.68. The average Bonchev–Trinajstić information content (AvgIpc) is 2.81. The predicted molar refractivity (Wildman–Crippen MR) is 134 cm³/mol. The molecule has 0 heterocycles. The Balaban J connectivity index is 1.30. The Hall–Kier alpha value is -2.09. The van der Waals surface area contributed by atoms with Crippen molar-refractivity contribution < 1.29 is 9.53 Å². The molecule has 1 aliphatic carbocycles. The molecule has 0 radical (unpaired) electrons. The minimum Gasteiger partial charge on any atom is -0.427 e. The highest BCUT2D eigenvalue weighted by atomic mass is 16.5. The van der Waals surface area contributed by atoms with Crippen LogP contribution >= 0.6 is 0 Å². The Kier molecular flexibility index (Phi) is 10.3. The fraction of sp³-hybridized carbons (Fsp3) is 0.567. The van der Waals surface area contributed by atoms with E-state index in [2.05, 4.69) is 50.2 Å². The van der Waals surface area contributed by atoms with Crippen LogP contribution in [0.1, 0.15) is 107 Å². The van der Waals surface area contributed by atoms with Gasteiger partial charge in [-0.2, -0.15) is 0 Å². The van der Waals surface area contributed by atoms with Crippen molar-refractivity contribution >= 4 is 5.97 Å². The van der Waals surface area contributed by atoms with E-state index in [0.29, 0.717) is 12.2 Å². The second-order valence-electron chi connectivity index (χ2n) is 9.68. The summed E-state index contributed by atoms with van der Waals surface area (Å²) in [5, 5.41) is 0. The molecule has 1 aliphatic rings. The van der Waals surface area contributed by atoms with Gasteiger partial charge in [0.2, 0.25) is 0 Å². The van der Waals surface area contributed by atoms with Gasteiger partial charge in [-0.3, -0.25) is 4.79 Å². The van der Waals surface area contributed by atoms with Crippen LogP contribution in [0.2, 0.25) is 0 Å². The minimum atomic E-state index is -0.119. The maximum atomic E-state index is 12.1. The molecule has 2 nitrogen and oxygen atoms in total. The lowest BCUT2D eigenvalue weighted by molar-refractivity contribution is -0.134. The lowest BCUT2D eigenvalue weighted by Crippen LogP contribution is -2.13. The molecule has 0 saturated heterocycles. The van der Waals surface area contributed by atoms with E-state index in [4.69, 9.17) is 4.74 Å². The van der Waals surface area contributed by atoms with Crippen molar-refractivity contribution in [1.29, 1.82) is 0 Å². The lowest BCUT2D eigenvalue weighted by Gasteiger charge is -2.28. The van der Waals surface area contributed by atoms with Gasteiger partial charge in [-0.1, -0.05) is 75.9 Å². The number of esters is 1. The molecule has 32 heavy (non-hydrogen) atoms. The zero-order chi connectivity index (χ0) is 22.6. The molecule has 0 N–H and O–H groups in total. The molecule has 0 aromatic heterocycles. The van der Waals surface area contributed by atoms with E-state index in [1.807, 2.05) is 12.1 Å². The molecular weight excluding hydrogens is 392 g/mol. The van der Waals surface area contributed by atoms with E-state index < -0.39 is 0 Å². The van der Waals surface area contributed by atoms with Gasteiger partial charge >= 0.3 is 5.97 Å². The highest BCUT2D eigenvalue weighted by molar-refractivity contribution is 5.72. The van der Waals surface area contributed by atoms with Gasteiger partial charge in [-0.25, -0.2) is 0 Å². The number of rotatable bonds is 12. The van der Waals surface area contributed by atoms with Crippen molar-refractivity contribution in [3.8, 4) is 5.75 Å². The number of benzene rings is 2. The van der Waals surface area contributed by atoms with Crippen LogP contribution in [0.5, 0.6) is 5.75 Å². The Labute approximate surface area is 195 Å². The average molecular weight is 435 g/mol. The molecular formula is C30H42O2. The van der Waals surface area contributed by atoms with Crippen molar-refractivity contribution in [2.24, 2.45) is 5.92 Å². The summed E-state index contributed by atoms with van der Waals surface area (Å²) in [6.45, 7) is 4.48. The van der Waals surface area contributed by atoms with Gasteiger partial charge in [0.25, 0.3) is 0 Å². The molecule has 0 bridgehead atoms. The summed E-state index contributed by atoms with van der Waals surface area (Å²) in [6.07, 6.45) is 15.2. The van der Waals surface area contributed by atoms with Gasteiger partial charge < -0.3 is 4.74 Å².